The van der Waals surface area contributed by atoms with Crippen LogP contribution in [0.2, 0.25) is 0 Å². The standard InChI is InChI=1S/C12H13BrO2S/c13-5-3-10(14)12(15)9-1-2-11-8(7-9)4-6-16-11/h1-2,4,6-7,10,12,14-15H,3,5H2. The summed E-state index contributed by atoms with van der Waals surface area (Å²) in [6.45, 7) is 0. The topological polar surface area (TPSA) is 40.5 Å². The number of aliphatic hydroxyl groups is 2. The van der Waals surface area contributed by atoms with Gasteiger partial charge in [-0.2, -0.15) is 0 Å². The van der Waals surface area contributed by atoms with E-state index in [2.05, 4.69) is 15.9 Å². The monoisotopic (exact) mass is 300 g/mol. The predicted octanol–water partition coefficient (Wildman–Crippen LogP) is 3.08. The molecule has 16 heavy (non-hydrogen) atoms. The van der Waals surface area contributed by atoms with Gasteiger partial charge >= 0.3 is 0 Å². The largest absolute Gasteiger partial charge is 0.390 e. The Morgan fingerprint density at radius 3 is 2.81 bits per heavy atom. The van der Waals surface area contributed by atoms with Gasteiger partial charge in [0.2, 0.25) is 0 Å². The molecular formula is C12H13BrO2S. The van der Waals surface area contributed by atoms with Crippen LogP contribution in [0.1, 0.15) is 18.1 Å². The molecule has 0 spiro atoms. The van der Waals surface area contributed by atoms with Gasteiger partial charge in [0.25, 0.3) is 0 Å². The van der Waals surface area contributed by atoms with Gasteiger partial charge in [-0.15, -0.1) is 11.3 Å². The smallest absolute Gasteiger partial charge is 0.105 e. The van der Waals surface area contributed by atoms with Crippen molar-refractivity contribution in [3.8, 4) is 0 Å². The average molecular weight is 301 g/mol. The minimum Gasteiger partial charge on any atom is -0.390 e. The number of alkyl halides is 1. The van der Waals surface area contributed by atoms with Crippen LogP contribution in [0.3, 0.4) is 0 Å². The molecule has 1 aromatic carbocycles. The fraction of sp³-hybridized carbons (Fsp3) is 0.333. The summed E-state index contributed by atoms with van der Waals surface area (Å²) >= 11 is 4.93. The van der Waals surface area contributed by atoms with Crippen molar-refractivity contribution in [1.29, 1.82) is 0 Å². The molecular weight excluding hydrogens is 288 g/mol. The molecule has 0 saturated heterocycles. The number of halogens is 1. The molecule has 2 N–H and O–H groups in total. The van der Waals surface area contributed by atoms with E-state index in [0.29, 0.717) is 11.8 Å². The molecule has 1 aromatic heterocycles. The van der Waals surface area contributed by atoms with E-state index < -0.39 is 12.2 Å². The Labute approximate surface area is 107 Å². The highest BCUT2D eigenvalue weighted by Crippen LogP contribution is 2.26. The molecule has 0 aliphatic carbocycles. The van der Waals surface area contributed by atoms with Crippen molar-refractivity contribution < 1.29 is 10.2 Å². The van der Waals surface area contributed by atoms with Crippen molar-refractivity contribution in [3.05, 3.63) is 35.2 Å². The molecule has 0 aliphatic rings. The summed E-state index contributed by atoms with van der Waals surface area (Å²) in [7, 11) is 0. The average Bonchev–Trinajstić information content (AvgIpc) is 2.75. The van der Waals surface area contributed by atoms with Crippen LogP contribution in [0.15, 0.2) is 29.6 Å². The summed E-state index contributed by atoms with van der Waals surface area (Å²) in [4.78, 5) is 0. The van der Waals surface area contributed by atoms with E-state index in [1.165, 1.54) is 4.70 Å². The highest BCUT2D eigenvalue weighted by atomic mass is 79.9. The van der Waals surface area contributed by atoms with Gasteiger partial charge in [0.05, 0.1) is 6.10 Å². The summed E-state index contributed by atoms with van der Waals surface area (Å²) in [6.07, 6.45) is -0.972. The van der Waals surface area contributed by atoms with Crippen LogP contribution in [0.25, 0.3) is 10.1 Å². The third kappa shape index (κ3) is 2.46. The fourth-order valence-electron chi connectivity index (χ4n) is 1.66. The molecule has 0 amide bonds. The summed E-state index contributed by atoms with van der Waals surface area (Å²) in [6, 6.07) is 7.82. The number of aliphatic hydroxyl groups excluding tert-OH is 2. The molecule has 0 bridgehead atoms. The zero-order valence-electron chi connectivity index (χ0n) is 8.64. The second-order valence-corrected chi connectivity index (χ2v) is 5.45. The van der Waals surface area contributed by atoms with Crippen molar-refractivity contribution in [1.82, 2.24) is 0 Å². The molecule has 2 nitrogen and oxygen atoms in total. The first kappa shape index (κ1) is 12.0. The second-order valence-electron chi connectivity index (χ2n) is 3.71. The maximum Gasteiger partial charge on any atom is 0.105 e. The Bertz CT molecular complexity index is 469. The van der Waals surface area contributed by atoms with Crippen molar-refractivity contribution in [2.75, 3.05) is 5.33 Å². The summed E-state index contributed by atoms with van der Waals surface area (Å²) < 4.78 is 1.20. The van der Waals surface area contributed by atoms with E-state index in [9.17, 15) is 10.2 Å². The maximum atomic E-state index is 9.95. The lowest BCUT2D eigenvalue weighted by atomic mass is 10.0. The molecule has 2 rings (SSSR count). The lowest BCUT2D eigenvalue weighted by Gasteiger charge is -2.17. The van der Waals surface area contributed by atoms with Gasteiger partial charge in [-0.05, 0) is 40.9 Å². The molecule has 0 radical (unpaired) electrons. The SMILES string of the molecule is OC(CCBr)C(O)c1ccc2sccc2c1. The predicted molar refractivity (Wildman–Crippen MR) is 71.2 cm³/mol. The van der Waals surface area contributed by atoms with E-state index >= 15 is 0 Å². The van der Waals surface area contributed by atoms with E-state index in [4.69, 9.17) is 0 Å². The Hall–Kier alpha value is -0.420. The maximum absolute atomic E-state index is 9.95. The van der Waals surface area contributed by atoms with Gasteiger partial charge < -0.3 is 10.2 Å². The minimum absolute atomic E-state index is 0.544. The van der Waals surface area contributed by atoms with Crippen LogP contribution in [-0.4, -0.2) is 21.6 Å². The molecule has 1 heterocycles. The minimum atomic E-state index is -0.804. The van der Waals surface area contributed by atoms with Gasteiger partial charge in [-0.3, -0.25) is 0 Å². The second kappa shape index (κ2) is 5.27. The molecule has 0 saturated carbocycles. The number of benzene rings is 1. The van der Waals surface area contributed by atoms with Crippen molar-refractivity contribution in [2.45, 2.75) is 18.6 Å². The molecule has 4 heteroatoms. The van der Waals surface area contributed by atoms with Crippen LogP contribution < -0.4 is 0 Å². The van der Waals surface area contributed by atoms with Gasteiger partial charge in [0.1, 0.15) is 6.10 Å². The van der Waals surface area contributed by atoms with Crippen LogP contribution in [0.5, 0.6) is 0 Å². The lowest BCUT2D eigenvalue weighted by molar-refractivity contribution is 0.0174. The molecule has 0 aliphatic heterocycles. The number of thiophene rings is 1. The number of hydrogen-bond donors (Lipinski definition) is 2. The number of rotatable bonds is 4. The molecule has 2 unspecified atom stereocenters. The van der Waals surface area contributed by atoms with Gasteiger partial charge in [-0.25, -0.2) is 0 Å². The third-order valence-electron chi connectivity index (χ3n) is 2.59. The van der Waals surface area contributed by atoms with Crippen LogP contribution in [0, 0.1) is 0 Å². The highest BCUT2D eigenvalue weighted by molar-refractivity contribution is 9.09. The van der Waals surface area contributed by atoms with Crippen molar-refractivity contribution in [2.24, 2.45) is 0 Å². The highest BCUT2D eigenvalue weighted by Gasteiger charge is 2.17. The van der Waals surface area contributed by atoms with Crippen LogP contribution in [0.4, 0.5) is 0 Å². The Morgan fingerprint density at radius 2 is 2.06 bits per heavy atom. The first-order chi connectivity index (χ1) is 7.72. The Morgan fingerprint density at radius 1 is 1.25 bits per heavy atom. The zero-order chi connectivity index (χ0) is 11.5. The number of fused-ring (bicyclic) bond motifs is 1. The fourth-order valence-corrected chi connectivity index (χ4v) is 2.90. The normalized spacial score (nSPS) is 15.2. The van der Waals surface area contributed by atoms with Gasteiger partial charge in [-0.1, -0.05) is 22.0 Å². The van der Waals surface area contributed by atoms with Crippen LogP contribution in [-0.2, 0) is 0 Å². The van der Waals surface area contributed by atoms with Crippen molar-refractivity contribution >= 4 is 37.4 Å². The third-order valence-corrected chi connectivity index (χ3v) is 3.94. The summed E-state index contributed by atoms with van der Waals surface area (Å²) in [5.41, 5.74) is 0.777. The lowest BCUT2D eigenvalue weighted by Crippen LogP contribution is -2.18. The first-order valence-electron chi connectivity index (χ1n) is 5.11. The Balaban J connectivity index is 2.24. The first-order valence-corrected chi connectivity index (χ1v) is 7.11. The van der Waals surface area contributed by atoms with Crippen molar-refractivity contribution in [3.63, 3.8) is 0 Å². The van der Waals surface area contributed by atoms with E-state index in [-0.39, 0.29) is 0 Å². The summed E-state index contributed by atoms with van der Waals surface area (Å²) in [5, 5.41) is 23.5. The summed E-state index contributed by atoms with van der Waals surface area (Å²) in [5.74, 6) is 0. The molecule has 2 aromatic rings. The van der Waals surface area contributed by atoms with E-state index in [1.807, 2.05) is 29.6 Å². The molecule has 0 fully saturated rings. The molecule has 2 atom stereocenters. The van der Waals surface area contributed by atoms with E-state index in [0.717, 1.165) is 10.9 Å². The van der Waals surface area contributed by atoms with Gasteiger partial charge in [0.15, 0.2) is 0 Å². The van der Waals surface area contributed by atoms with E-state index in [1.54, 1.807) is 11.3 Å². The molecule has 86 valence electrons. The van der Waals surface area contributed by atoms with Crippen LogP contribution >= 0.6 is 27.3 Å². The zero-order valence-corrected chi connectivity index (χ0v) is 11.0. The van der Waals surface area contributed by atoms with Gasteiger partial charge in [0, 0.05) is 10.0 Å². The number of hydrogen-bond acceptors (Lipinski definition) is 3. The quantitative estimate of drug-likeness (QED) is 0.852. The Kier molecular flexibility index (Phi) is 3.97.